The summed E-state index contributed by atoms with van der Waals surface area (Å²) >= 11 is 0. The van der Waals surface area contributed by atoms with Crippen LogP contribution in [0.15, 0.2) is 30.7 Å². The van der Waals surface area contributed by atoms with Crippen molar-refractivity contribution in [3.8, 4) is 0 Å². The Morgan fingerprint density at radius 1 is 1.35 bits per heavy atom. The number of anilines is 1. The Bertz CT molecular complexity index is 653. The smallest absolute Gasteiger partial charge is 0.417 e. The average molecular weight is 328 g/mol. The van der Waals surface area contributed by atoms with Crippen molar-refractivity contribution in [2.75, 3.05) is 18.5 Å². The van der Waals surface area contributed by atoms with E-state index in [-0.39, 0.29) is 19.0 Å². The summed E-state index contributed by atoms with van der Waals surface area (Å²) in [5.74, 6) is -0.236. The van der Waals surface area contributed by atoms with Gasteiger partial charge in [-0.3, -0.25) is 4.68 Å². The first-order valence-electron chi connectivity index (χ1n) is 6.87. The van der Waals surface area contributed by atoms with Gasteiger partial charge in [0.1, 0.15) is 12.4 Å². The minimum atomic E-state index is -4.41. The molecule has 2 heterocycles. The Hall–Kier alpha value is -2.58. The molecule has 2 aromatic rings. The van der Waals surface area contributed by atoms with Gasteiger partial charge in [-0.2, -0.15) is 18.3 Å². The predicted octanol–water partition coefficient (Wildman–Crippen LogP) is 2.59. The van der Waals surface area contributed by atoms with Gasteiger partial charge in [-0.1, -0.05) is 0 Å². The molecule has 0 saturated carbocycles. The molecule has 0 aliphatic heterocycles. The maximum Gasteiger partial charge on any atom is 0.417 e. The van der Waals surface area contributed by atoms with Gasteiger partial charge >= 0.3 is 12.1 Å². The van der Waals surface area contributed by atoms with E-state index >= 15 is 0 Å². The van der Waals surface area contributed by atoms with Crippen LogP contribution in [0.3, 0.4) is 0 Å². The summed E-state index contributed by atoms with van der Waals surface area (Å²) in [4.78, 5) is 15.3. The molecular weight excluding hydrogens is 313 g/mol. The zero-order valence-corrected chi connectivity index (χ0v) is 12.3. The molecule has 0 spiro atoms. The van der Waals surface area contributed by atoms with Gasteiger partial charge in [0.2, 0.25) is 0 Å². The summed E-state index contributed by atoms with van der Waals surface area (Å²) in [5.41, 5.74) is -0.470. The molecule has 6 nitrogen and oxygen atoms in total. The number of nitrogens with zero attached hydrogens (tertiary/aromatic N) is 3. The van der Waals surface area contributed by atoms with E-state index in [4.69, 9.17) is 4.74 Å². The SMILES string of the molecule is CCn1cc(C(=O)OCCNc2ccc(C(F)(F)F)cn2)cn1. The molecule has 0 bridgehead atoms. The largest absolute Gasteiger partial charge is 0.460 e. The van der Waals surface area contributed by atoms with Crippen LogP contribution in [0.1, 0.15) is 22.8 Å². The lowest BCUT2D eigenvalue weighted by molar-refractivity contribution is -0.137. The van der Waals surface area contributed by atoms with Crippen LogP contribution in [0.2, 0.25) is 0 Å². The van der Waals surface area contributed by atoms with E-state index in [1.807, 2.05) is 6.92 Å². The summed E-state index contributed by atoms with van der Waals surface area (Å²) in [6.07, 6.45) is -0.679. The number of ether oxygens (including phenoxy) is 1. The molecule has 23 heavy (non-hydrogen) atoms. The number of esters is 1. The number of hydrogen-bond acceptors (Lipinski definition) is 5. The van der Waals surface area contributed by atoms with Crippen molar-refractivity contribution in [3.05, 3.63) is 41.9 Å². The lowest BCUT2D eigenvalue weighted by Gasteiger charge is -2.08. The summed E-state index contributed by atoms with van der Waals surface area (Å²) < 4.78 is 43.8. The number of alkyl halides is 3. The van der Waals surface area contributed by atoms with Gasteiger partial charge in [-0.05, 0) is 19.1 Å². The lowest BCUT2D eigenvalue weighted by Crippen LogP contribution is -2.14. The minimum absolute atomic E-state index is 0.0544. The molecule has 1 N–H and O–H groups in total. The van der Waals surface area contributed by atoms with Crippen molar-refractivity contribution in [2.24, 2.45) is 0 Å². The third-order valence-corrected chi connectivity index (χ3v) is 2.93. The van der Waals surface area contributed by atoms with E-state index in [1.165, 1.54) is 12.3 Å². The molecule has 0 aromatic carbocycles. The van der Waals surface area contributed by atoms with E-state index in [9.17, 15) is 18.0 Å². The third-order valence-electron chi connectivity index (χ3n) is 2.93. The number of pyridine rings is 1. The van der Waals surface area contributed by atoms with Gasteiger partial charge in [0.05, 0.1) is 23.9 Å². The summed E-state index contributed by atoms with van der Waals surface area (Å²) in [6.45, 7) is 2.82. The second kappa shape index (κ2) is 7.12. The normalized spacial score (nSPS) is 11.3. The Morgan fingerprint density at radius 2 is 2.13 bits per heavy atom. The summed E-state index contributed by atoms with van der Waals surface area (Å²) in [5, 5.41) is 6.73. The van der Waals surface area contributed by atoms with Crippen LogP contribution in [0.4, 0.5) is 19.0 Å². The minimum Gasteiger partial charge on any atom is -0.460 e. The molecule has 0 unspecified atom stereocenters. The Labute approximate surface area is 130 Å². The highest BCUT2D eigenvalue weighted by atomic mass is 19.4. The molecular formula is C14H15F3N4O2. The van der Waals surface area contributed by atoms with Crippen molar-refractivity contribution in [1.29, 1.82) is 0 Å². The second-order valence-electron chi connectivity index (χ2n) is 4.58. The molecule has 124 valence electrons. The molecule has 0 atom stereocenters. The quantitative estimate of drug-likeness (QED) is 0.652. The van der Waals surface area contributed by atoms with Crippen LogP contribution < -0.4 is 5.32 Å². The topological polar surface area (TPSA) is 69.0 Å². The van der Waals surface area contributed by atoms with E-state index in [0.29, 0.717) is 12.1 Å². The van der Waals surface area contributed by atoms with Crippen LogP contribution >= 0.6 is 0 Å². The van der Waals surface area contributed by atoms with Gasteiger partial charge < -0.3 is 10.1 Å². The van der Waals surface area contributed by atoms with Crippen LogP contribution in [0.25, 0.3) is 0 Å². The fourth-order valence-corrected chi connectivity index (χ4v) is 1.71. The highest BCUT2D eigenvalue weighted by molar-refractivity contribution is 5.88. The molecule has 0 aliphatic rings. The number of aromatic nitrogens is 3. The zero-order chi connectivity index (χ0) is 16.9. The molecule has 0 aliphatic carbocycles. The van der Waals surface area contributed by atoms with Gasteiger partial charge in [-0.15, -0.1) is 0 Å². The number of carbonyl (C=O) groups is 1. The van der Waals surface area contributed by atoms with Crippen molar-refractivity contribution >= 4 is 11.8 Å². The van der Waals surface area contributed by atoms with Crippen LogP contribution in [0.5, 0.6) is 0 Å². The first kappa shape index (κ1) is 16.8. The first-order chi connectivity index (χ1) is 10.9. The van der Waals surface area contributed by atoms with Gasteiger partial charge in [-0.25, -0.2) is 9.78 Å². The predicted molar refractivity (Wildman–Crippen MR) is 75.9 cm³/mol. The summed E-state index contributed by atoms with van der Waals surface area (Å²) in [6, 6.07) is 2.15. The molecule has 0 saturated heterocycles. The number of rotatable bonds is 6. The molecule has 0 amide bonds. The molecule has 2 rings (SSSR count). The highest BCUT2D eigenvalue weighted by Crippen LogP contribution is 2.28. The average Bonchev–Trinajstić information content (AvgIpc) is 3.00. The van der Waals surface area contributed by atoms with Crippen LogP contribution in [-0.4, -0.2) is 33.9 Å². The van der Waals surface area contributed by atoms with Crippen molar-refractivity contribution in [1.82, 2.24) is 14.8 Å². The van der Waals surface area contributed by atoms with Crippen molar-refractivity contribution < 1.29 is 22.7 Å². The monoisotopic (exact) mass is 328 g/mol. The fourth-order valence-electron chi connectivity index (χ4n) is 1.71. The first-order valence-corrected chi connectivity index (χ1v) is 6.87. The maximum atomic E-state index is 12.4. The number of aryl methyl sites for hydroxylation is 1. The zero-order valence-electron chi connectivity index (χ0n) is 12.3. The van der Waals surface area contributed by atoms with Crippen LogP contribution in [-0.2, 0) is 17.5 Å². The van der Waals surface area contributed by atoms with Crippen LogP contribution in [0, 0.1) is 0 Å². The van der Waals surface area contributed by atoms with E-state index < -0.39 is 17.7 Å². The Morgan fingerprint density at radius 3 is 2.70 bits per heavy atom. The van der Waals surface area contributed by atoms with Gasteiger partial charge in [0, 0.05) is 18.9 Å². The second-order valence-corrected chi connectivity index (χ2v) is 4.58. The van der Waals surface area contributed by atoms with Gasteiger partial charge in [0.25, 0.3) is 0 Å². The van der Waals surface area contributed by atoms with Crippen molar-refractivity contribution in [3.63, 3.8) is 0 Å². The third kappa shape index (κ3) is 4.70. The molecule has 2 aromatic heterocycles. The lowest BCUT2D eigenvalue weighted by atomic mass is 10.3. The Kier molecular flexibility index (Phi) is 5.20. The number of hydrogen-bond donors (Lipinski definition) is 1. The fraction of sp³-hybridized carbons (Fsp3) is 0.357. The van der Waals surface area contributed by atoms with E-state index in [2.05, 4.69) is 15.4 Å². The number of nitrogens with one attached hydrogen (secondary N) is 1. The van der Waals surface area contributed by atoms with E-state index in [0.717, 1.165) is 12.3 Å². The highest BCUT2D eigenvalue weighted by Gasteiger charge is 2.30. The standard InChI is InChI=1S/C14H15F3N4O2/c1-2-21-9-10(7-20-21)13(22)23-6-5-18-12-4-3-11(8-19-12)14(15,16)17/h3-4,7-9H,2,5-6H2,1H3,(H,18,19). The summed E-state index contributed by atoms with van der Waals surface area (Å²) in [7, 11) is 0. The van der Waals surface area contributed by atoms with Crippen molar-refractivity contribution in [2.45, 2.75) is 19.6 Å². The van der Waals surface area contributed by atoms with Gasteiger partial charge in [0.15, 0.2) is 0 Å². The number of carbonyl (C=O) groups excluding carboxylic acids is 1. The Balaban J connectivity index is 1.76. The molecule has 0 radical (unpaired) electrons. The number of halogens is 3. The van der Waals surface area contributed by atoms with E-state index in [1.54, 1.807) is 10.9 Å². The molecule has 0 fully saturated rings. The maximum absolute atomic E-state index is 12.4. The molecule has 9 heteroatoms.